The summed E-state index contributed by atoms with van der Waals surface area (Å²) in [5.41, 5.74) is 0.648. The van der Waals surface area contributed by atoms with E-state index in [1.165, 1.54) is 4.68 Å². The Labute approximate surface area is 155 Å². The fraction of sp³-hybridized carbons (Fsp3) is 0.556. The lowest BCUT2D eigenvalue weighted by Gasteiger charge is -2.28. The number of nitrogens with zero attached hydrogens (tertiary/aromatic N) is 5. The minimum absolute atomic E-state index is 0.103. The fourth-order valence-electron chi connectivity index (χ4n) is 4.40. The summed E-state index contributed by atoms with van der Waals surface area (Å²) in [7, 11) is 0. The standard InChI is InChI=1S/C18H20ClN5O2/c19-15-5-4-11(9-20-15)10-23-18(26)24-13(2-1-3-16(24)21-23)17(25)22-7-6-12-8-14(12)22/h4-5,9,12-14H,1-3,6-8,10H2/t12-,13+,14+/m1/s1. The third-order valence-electron chi connectivity index (χ3n) is 5.85. The minimum atomic E-state index is -0.400. The van der Waals surface area contributed by atoms with Gasteiger partial charge in [-0.25, -0.2) is 14.5 Å². The third kappa shape index (κ3) is 2.57. The van der Waals surface area contributed by atoms with Crippen LogP contribution in [0.1, 0.15) is 43.1 Å². The van der Waals surface area contributed by atoms with Gasteiger partial charge in [-0.15, -0.1) is 0 Å². The van der Waals surface area contributed by atoms with E-state index in [2.05, 4.69) is 10.1 Å². The van der Waals surface area contributed by atoms with Gasteiger partial charge in [0.1, 0.15) is 17.0 Å². The summed E-state index contributed by atoms with van der Waals surface area (Å²) in [6.07, 6.45) is 6.21. The molecule has 1 aliphatic carbocycles. The van der Waals surface area contributed by atoms with Crippen LogP contribution in [0.4, 0.5) is 0 Å². The first-order valence-corrected chi connectivity index (χ1v) is 9.59. The summed E-state index contributed by atoms with van der Waals surface area (Å²) in [6.45, 7) is 1.16. The molecule has 26 heavy (non-hydrogen) atoms. The van der Waals surface area contributed by atoms with Gasteiger partial charge in [-0.05, 0) is 43.2 Å². The number of carbonyl (C=O) groups excluding carboxylic acids is 1. The second-order valence-electron chi connectivity index (χ2n) is 7.51. The van der Waals surface area contributed by atoms with E-state index < -0.39 is 6.04 Å². The van der Waals surface area contributed by atoms with Crippen LogP contribution in [0.3, 0.4) is 0 Å². The van der Waals surface area contributed by atoms with E-state index in [1.807, 2.05) is 11.0 Å². The van der Waals surface area contributed by atoms with Gasteiger partial charge in [0, 0.05) is 25.2 Å². The normalized spacial score (nSPS) is 26.5. The quantitative estimate of drug-likeness (QED) is 0.767. The van der Waals surface area contributed by atoms with Crippen molar-refractivity contribution >= 4 is 17.5 Å². The maximum Gasteiger partial charge on any atom is 0.346 e. The van der Waals surface area contributed by atoms with Gasteiger partial charge in [-0.3, -0.25) is 9.36 Å². The molecule has 2 aliphatic heterocycles. The van der Waals surface area contributed by atoms with Crippen molar-refractivity contribution in [1.29, 1.82) is 0 Å². The van der Waals surface area contributed by atoms with Crippen LogP contribution in [0.5, 0.6) is 0 Å². The second kappa shape index (κ2) is 5.94. The molecule has 2 fully saturated rings. The molecular formula is C18H20ClN5O2. The van der Waals surface area contributed by atoms with Crippen LogP contribution in [-0.2, 0) is 17.8 Å². The topological polar surface area (TPSA) is 73.0 Å². The maximum absolute atomic E-state index is 13.1. The number of likely N-dealkylation sites (tertiary alicyclic amines) is 1. The zero-order valence-electron chi connectivity index (χ0n) is 14.3. The molecule has 1 saturated carbocycles. The number of rotatable bonds is 3. The molecule has 1 saturated heterocycles. The molecule has 4 heterocycles. The van der Waals surface area contributed by atoms with E-state index in [9.17, 15) is 9.59 Å². The summed E-state index contributed by atoms with van der Waals surface area (Å²) in [4.78, 5) is 32.1. The van der Waals surface area contributed by atoms with Crippen LogP contribution in [-0.4, -0.2) is 42.7 Å². The largest absolute Gasteiger partial charge is 0.346 e. The van der Waals surface area contributed by atoms with Gasteiger partial charge >= 0.3 is 5.69 Å². The molecule has 3 atom stereocenters. The first-order valence-electron chi connectivity index (χ1n) is 9.21. The molecule has 0 unspecified atom stereocenters. The van der Waals surface area contributed by atoms with E-state index >= 15 is 0 Å². The van der Waals surface area contributed by atoms with Gasteiger partial charge in [-0.1, -0.05) is 17.7 Å². The van der Waals surface area contributed by atoms with Crippen LogP contribution >= 0.6 is 11.6 Å². The van der Waals surface area contributed by atoms with Crippen molar-refractivity contribution in [2.24, 2.45) is 5.92 Å². The van der Waals surface area contributed by atoms with E-state index in [1.54, 1.807) is 16.8 Å². The molecule has 0 N–H and O–H groups in total. The SMILES string of the molecule is O=C([C@@H]1CCCc2nn(Cc3ccc(Cl)nc3)c(=O)n21)N1CC[C@@H]2C[C@@H]21. The lowest BCUT2D eigenvalue weighted by Crippen LogP contribution is -2.42. The van der Waals surface area contributed by atoms with Crippen molar-refractivity contribution in [2.75, 3.05) is 6.54 Å². The lowest BCUT2D eigenvalue weighted by molar-refractivity contribution is -0.135. The molecule has 7 nitrogen and oxygen atoms in total. The summed E-state index contributed by atoms with van der Waals surface area (Å²) in [5, 5.41) is 4.91. The molecule has 1 amide bonds. The number of amides is 1. The van der Waals surface area contributed by atoms with Crippen molar-refractivity contribution < 1.29 is 4.79 Å². The van der Waals surface area contributed by atoms with E-state index in [-0.39, 0.29) is 11.6 Å². The van der Waals surface area contributed by atoms with E-state index in [0.29, 0.717) is 35.9 Å². The summed E-state index contributed by atoms with van der Waals surface area (Å²) < 4.78 is 3.07. The van der Waals surface area contributed by atoms with E-state index in [4.69, 9.17) is 11.6 Å². The van der Waals surface area contributed by atoms with Gasteiger partial charge in [0.25, 0.3) is 0 Å². The van der Waals surface area contributed by atoms with Crippen LogP contribution in [0.15, 0.2) is 23.1 Å². The van der Waals surface area contributed by atoms with Crippen molar-refractivity contribution in [3.05, 3.63) is 45.4 Å². The molecule has 3 aliphatic rings. The van der Waals surface area contributed by atoms with Crippen LogP contribution < -0.4 is 5.69 Å². The first kappa shape index (κ1) is 16.1. The fourth-order valence-corrected chi connectivity index (χ4v) is 4.51. The Balaban J connectivity index is 1.44. The number of carbonyl (C=O) groups is 1. The van der Waals surface area contributed by atoms with Crippen molar-refractivity contribution in [3.63, 3.8) is 0 Å². The molecule has 5 rings (SSSR count). The van der Waals surface area contributed by atoms with Gasteiger partial charge in [-0.2, -0.15) is 5.10 Å². The van der Waals surface area contributed by atoms with Crippen LogP contribution in [0.2, 0.25) is 5.15 Å². The molecule has 0 spiro atoms. The Morgan fingerprint density at radius 2 is 2.19 bits per heavy atom. The minimum Gasteiger partial charge on any atom is -0.338 e. The molecule has 0 radical (unpaired) electrons. The van der Waals surface area contributed by atoms with E-state index in [0.717, 1.165) is 37.8 Å². The highest BCUT2D eigenvalue weighted by Gasteiger charge is 2.50. The van der Waals surface area contributed by atoms with Gasteiger partial charge < -0.3 is 4.90 Å². The summed E-state index contributed by atoms with van der Waals surface area (Å²) in [5.74, 6) is 1.51. The zero-order chi connectivity index (χ0) is 17.8. The number of hydrogen-bond donors (Lipinski definition) is 0. The summed E-state index contributed by atoms with van der Waals surface area (Å²) in [6, 6.07) is 3.55. The van der Waals surface area contributed by atoms with Gasteiger partial charge in [0.05, 0.1) is 6.54 Å². The number of fused-ring (bicyclic) bond motifs is 2. The average molecular weight is 374 g/mol. The Morgan fingerprint density at radius 1 is 1.31 bits per heavy atom. The highest BCUT2D eigenvalue weighted by molar-refractivity contribution is 6.29. The Kier molecular flexibility index (Phi) is 3.67. The van der Waals surface area contributed by atoms with Crippen molar-refractivity contribution in [3.8, 4) is 0 Å². The molecular weight excluding hydrogens is 354 g/mol. The molecule has 8 heteroatoms. The number of aromatic nitrogens is 4. The molecule has 0 bridgehead atoms. The second-order valence-corrected chi connectivity index (χ2v) is 7.89. The molecule has 136 valence electrons. The van der Waals surface area contributed by atoms with Gasteiger partial charge in [0.2, 0.25) is 5.91 Å². The number of pyridine rings is 1. The molecule has 0 aromatic carbocycles. The monoisotopic (exact) mass is 373 g/mol. The number of halogens is 1. The zero-order valence-corrected chi connectivity index (χ0v) is 15.1. The molecule has 2 aromatic rings. The lowest BCUT2D eigenvalue weighted by atomic mass is 10.0. The Bertz CT molecular complexity index is 919. The number of aryl methyl sites for hydroxylation is 1. The summed E-state index contributed by atoms with van der Waals surface area (Å²) >= 11 is 5.82. The average Bonchev–Trinajstić information content (AvgIpc) is 3.19. The predicted molar refractivity (Wildman–Crippen MR) is 95.0 cm³/mol. The predicted octanol–water partition coefficient (Wildman–Crippen LogP) is 1.64. The van der Waals surface area contributed by atoms with Crippen LogP contribution in [0, 0.1) is 5.92 Å². The van der Waals surface area contributed by atoms with Gasteiger partial charge in [0.15, 0.2) is 0 Å². The third-order valence-corrected chi connectivity index (χ3v) is 6.07. The maximum atomic E-state index is 13.1. The van der Waals surface area contributed by atoms with Crippen LogP contribution in [0.25, 0.3) is 0 Å². The smallest absolute Gasteiger partial charge is 0.338 e. The highest BCUT2D eigenvalue weighted by atomic mass is 35.5. The number of piperidine rings is 1. The number of hydrogen-bond acceptors (Lipinski definition) is 4. The molecule has 2 aromatic heterocycles. The highest BCUT2D eigenvalue weighted by Crippen LogP contribution is 2.45. The Morgan fingerprint density at radius 3 is 2.88 bits per heavy atom. The van der Waals surface area contributed by atoms with Crippen molar-refractivity contribution in [1.82, 2.24) is 24.2 Å². The van der Waals surface area contributed by atoms with Crippen molar-refractivity contribution in [2.45, 2.75) is 50.7 Å². The first-order chi connectivity index (χ1) is 12.6. The Hall–Kier alpha value is -2.15.